The summed E-state index contributed by atoms with van der Waals surface area (Å²) in [5.41, 5.74) is 3.09. The summed E-state index contributed by atoms with van der Waals surface area (Å²) >= 11 is 0. The van der Waals surface area contributed by atoms with Crippen LogP contribution in [-0.4, -0.2) is 36.3 Å². The Balaban J connectivity index is 1.52. The molecule has 0 atom stereocenters. The number of nitrogens with zero attached hydrogens (tertiary/aromatic N) is 1. The number of aryl methyl sites for hydroxylation is 1. The number of Topliss-reactive ketones (excluding diaryl/α,β-unsaturated/α-hetero) is 1. The van der Waals surface area contributed by atoms with Gasteiger partial charge in [0.25, 0.3) is 5.91 Å². The highest BCUT2D eigenvalue weighted by Crippen LogP contribution is 2.23. The van der Waals surface area contributed by atoms with Crippen LogP contribution in [-0.2, 0) is 4.74 Å². The summed E-state index contributed by atoms with van der Waals surface area (Å²) in [4.78, 5) is 43.3. The first-order valence-corrected chi connectivity index (χ1v) is 10.2. The summed E-state index contributed by atoms with van der Waals surface area (Å²) in [6, 6.07) is 23.0. The van der Waals surface area contributed by atoms with Crippen molar-refractivity contribution in [2.45, 2.75) is 6.92 Å². The Morgan fingerprint density at radius 3 is 2.22 bits per heavy atom. The van der Waals surface area contributed by atoms with Gasteiger partial charge in [-0.05, 0) is 37.3 Å². The third-order valence-corrected chi connectivity index (χ3v) is 5.33. The van der Waals surface area contributed by atoms with Gasteiger partial charge in [-0.3, -0.25) is 9.59 Å². The lowest BCUT2D eigenvalue weighted by Gasteiger charge is -2.18. The van der Waals surface area contributed by atoms with E-state index >= 15 is 0 Å². The van der Waals surface area contributed by atoms with Crippen LogP contribution in [0.25, 0.3) is 10.9 Å². The Morgan fingerprint density at radius 1 is 0.844 bits per heavy atom. The SMILES string of the molecule is Cc1[nH]c2ccccc2c1C(=O)COC(=O)c1ccccc1C(=O)N(C)c1ccccc1. The highest BCUT2D eigenvalue weighted by Gasteiger charge is 2.23. The number of aromatic nitrogens is 1. The molecule has 0 fully saturated rings. The molecule has 32 heavy (non-hydrogen) atoms. The van der Waals surface area contributed by atoms with Crippen molar-refractivity contribution in [3.63, 3.8) is 0 Å². The van der Waals surface area contributed by atoms with E-state index in [4.69, 9.17) is 4.74 Å². The first-order chi connectivity index (χ1) is 15.5. The van der Waals surface area contributed by atoms with Crippen molar-refractivity contribution in [1.82, 2.24) is 4.98 Å². The number of carbonyl (C=O) groups excluding carboxylic acids is 3. The van der Waals surface area contributed by atoms with Gasteiger partial charge in [-0.1, -0.05) is 48.5 Å². The molecule has 6 nitrogen and oxygen atoms in total. The number of aromatic amines is 1. The van der Waals surface area contributed by atoms with Crippen LogP contribution in [0.5, 0.6) is 0 Å². The van der Waals surface area contributed by atoms with E-state index in [1.165, 1.54) is 11.0 Å². The molecule has 0 aliphatic rings. The van der Waals surface area contributed by atoms with Gasteiger partial charge in [0, 0.05) is 34.9 Å². The van der Waals surface area contributed by atoms with Gasteiger partial charge in [-0.15, -0.1) is 0 Å². The van der Waals surface area contributed by atoms with Crippen LogP contribution in [0.15, 0.2) is 78.9 Å². The second kappa shape index (κ2) is 8.89. The third kappa shape index (κ3) is 4.03. The number of hydrogen-bond acceptors (Lipinski definition) is 4. The Hall–Kier alpha value is -4.19. The quantitative estimate of drug-likeness (QED) is 0.355. The number of ketones is 1. The molecule has 0 saturated heterocycles. The molecular formula is C26H22N2O4. The van der Waals surface area contributed by atoms with Crippen LogP contribution in [0.4, 0.5) is 5.69 Å². The molecule has 0 radical (unpaired) electrons. The maximum atomic E-state index is 13.0. The summed E-state index contributed by atoms with van der Waals surface area (Å²) in [7, 11) is 1.64. The van der Waals surface area contributed by atoms with Crippen LogP contribution in [0.3, 0.4) is 0 Å². The van der Waals surface area contributed by atoms with E-state index in [0.29, 0.717) is 16.9 Å². The topological polar surface area (TPSA) is 79.5 Å². The molecule has 1 amide bonds. The highest BCUT2D eigenvalue weighted by molar-refractivity contribution is 6.13. The Kier molecular flexibility index (Phi) is 5.85. The molecule has 1 heterocycles. The van der Waals surface area contributed by atoms with Crippen LogP contribution in [0.1, 0.15) is 36.8 Å². The standard InChI is InChI=1S/C26H22N2O4/c1-17-24(21-14-8-9-15-22(21)27-17)23(29)16-32-26(31)20-13-7-6-12-19(20)25(30)28(2)18-10-4-3-5-11-18/h3-15,27H,16H2,1-2H3. The number of hydrogen-bond donors (Lipinski definition) is 1. The van der Waals surface area contributed by atoms with Crippen LogP contribution < -0.4 is 4.90 Å². The first kappa shape index (κ1) is 21.1. The third-order valence-electron chi connectivity index (χ3n) is 5.33. The number of rotatable bonds is 6. The fraction of sp³-hybridized carbons (Fsp3) is 0.115. The van der Waals surface area contributed by atoms with Crippen molar-refractivity contribution < 1.29 is 19.1 Å². The number of carbonyl (C=O) groups is 3. The molecule has 0 spiro atoms. The van der Waals surface area contributed by atoms with E-state index in [1.807, 2.05) is 49.4 Å². The van der Waals surface area contributed by atoms with E-state index < -0.39 is 12.6 Å². The molecule has 6 heteroatoms. The van der Waals surface area contributed by atoms with Crippen molar-refractivity contribution in [3.8, 4) is 0 Å². The second-order valence-corrected chi connectivity index (χ2v) is 7.42. The minimum atomic E-state index is -0.721. The minimum Gasteiger partial charge on any atom is -0.454 e. The largest absolute Gasteiger partial charge is 0.454 e. The van der Waals surface area contributed by atoms with E-state index in [1.54, 1.807) is 37.4 Å². The molecule has 4 rings (SSSR count). The van der Waals surface area contributed by atoms with Gasteiger partial charge in [0.15, 0.2) is 6.61 Å². The maximum absolute atomic E-state index is 13.0. The van der Waals surface area contributed by atoms with Crippen molar-refractivity contribution in [1.29, 1.82) is 0 Å². The predicted molar refractivity (Wildman–Crippen MR) is 123 cm³/mol. The molecule has 0 bridgehead atoms. The minimum absolute atomic E-state index is 0.115. The number of esters is 1. The lowest BCUT2D eigenvalue weighted by Crippen LogP contribution is -2.28. The van der Waals surface area contributed by atoms with E-state index in [9.17, 15) is 14.4 Å². The van der Waals surface area contributed by atoms with Crippen LogP contribution in [0, 0.1) is 6.92 Å². The molecule has 1 N–H and O–H groups in total. The molecule has 0 unspecified atom stereocenters. The van der Waals surface area contributed by atoms with Gasteiger partial charge in [0.2, 0.25) is 5.78 Å². The molecular weight excluding hydrogens is 404 g/mol. The smallest absolute Gasteiger partial charge is 0.339 e. The number of ether oxygens (including phenoxy) is 1. The molecule has 0 aliphatic heterocycles. The van der Waals surface area contributed by atoms with E-state index in [0.717, 1.165) is 10.9 Å². The van der Waals surface area contributed by atoms with E-state index in [2.05, 4.69) is 4.98 Å². The molecule has 0 saturated carbocycles. The molecule has 4 aromatic rings. The van der Waals surface area contributed by atoms with Crippen molar-refractivity contribution >= 4 is 34.3 Å². The first-order valence-electron chi connectivity index (χ1n) is 10.2. The number of anilines is 1. The zero-order chi connectivity index (χ0) is 22.7. The van der Waals surface area contributed by atoms with Gasteiger partial charge >= 0.3 is 5.97 Å². The summed E-state index contributed by atoms with van der Waals surface area (Å²) in [5, 5.41) is 0.783. The fourth-order valence-corrected chi connectivity index (χ4v) is 3.71. The fourth-order valence-electron chi connectivity index (χ4n) is 3.71. The van der Waals surface area contributed by atoms with Crippen molar-refractivity contribution in [3.05, 3.63) is 101 Å². The van der Waals surface area contributed by atoms with Crippen molar-refractivity contribution in [2.75, 3.05) is 18.6 Å². The Morgan fingerprint density at radius 2 is 1.47 bits per heavy atom. The van der Waals surface area contributed by atoms with Gasteiger partial charge in [-0.2, -0.15) is 0 Å². The number of para-hydroxylation sites is 2. The van der Waals surface area contributed by atoms with Crippen LogP contribution >= 0.6 is 0 Å². The predicted octanol–water partition coefficient (Wildman–Crippen LogP) is 4.79. The second-order valence-electron chi connectivity index (χ2n) is 7.42. The van der Waals surface area contributed by atoms with E-state index in [-0.39, 0.29) is 22.8 Å². The van der Waals surface area contributed by atoms with Crippen LogP contribution in [0.2, 0.25) is 0 Å². The summed E-state index contributed by atoms with van der Waals surface area (Å²) in [5.74, 6) is -1.37. The average Bonchev–Trinajstić information content (AvgIpc) is 3.17. The normalized spacial score (nSPS) is 10.7. The summed E-state index contributed by atoms with van der Waals surface area (Å²) in [6.45, 7) is 1.39. The molecule has 3 aromatic carbocycles. The molecule has 0 aliphatic carbocycles. The highest BCUT2D eigenvalue weighted by atomic mass is 16.5. The lowest BCUT2D eigenvalue weighted by molar-refractivity contribution is 0.0473. The van der Waals surface area contributed by atoms with Gasteiger partial charge in [-0.25, -0.2) is 4.79 Å². The van der Waals surface area contributed by atoms with Gasteiger partial charge < -0.3 is 14.6 Å². The maximum Gasteiger partial charge on any atom is 0.339 e. The Bertz CT molecular complexity index is 1310. The number of fused-ring (bicyclic) bond motifs is 1. The molecule has 1 aromatic heterocycles. The zero-order valence-corrected chi connectivity index (χ0v) is 17.8. The zero-order valence-electron chi connectivity index (χ0n) is 17.8. The summed E-state index contributed by atoms with van der Waals surface area (Å²) < 4.78 is 5.32. The number of nitrogens with one attached hydrogen (secondary N) is 1. The molecule has 160 valence electrons. The average molecular weight is 426 g/mol. The Labute approximate surface area is 185 Å². The number of H-pyrrole nitrogens is 1. The van der Waals surface area contributed by atoms with Crippen molar-refractivity contribution in [2.24, 2.45) is 0 Å². The van der Waals surface area contributed by atoms with Gasteiger partial charge in [0.1, 0.15) is 0 Å². The number of benzene rings is 3. The lowest BCUT2D eigenvalue weighted by atomic mass is 10.1. The monoisotopic (exact) mass is 426 g/mol. The number of amides is 1. The van der Waals surface area contributed by atoms with Gasteiger partial charge in [0.05, 0.1) is 11.1 Å². The summed E-state index contributed by atoms with van der Waals surface area (Å²) in [6.07, 6.45) is 0.